The number of hydrogen-bond acceptors (Lipinski definition) is 2. The van der Waals surface area contributed by atoms with E-state index in [1.165, 1.54) is 7.11 Å². The second-order valence-electron chi connectivity index (χ2n) is 4.91. The first-order valence-electron chi connectivity index (χ1n) is 6.52. The standard InChI is InChI=1S/C15H19FO2/c1-3-10(9-14(17)18-2)12-5-4-6-13(15(12)16)11-7-8-11/h4-6,10-11H,3,7-9H2,1-2H3/t10-/m1/s1. The molecule has 1 aliphatic carbocycles. The fourth-order valence-electron chi connectivity index (χ4n) is 2.35. The van der Waals surface area contributed by atoms with Crippen LogP contribution in [-0.2, 0) is 9.53 Å². The van der Waals surface area contributed by atoms with E-state index < -0.39 is 0 Å². The van der Waals surface area contributed by atoms with Crippen molar-refractivity contribution in [3.63, 3.8) is 0 Å². The number of esters is 1. The van der Waals surface area contributed by atoms with E-state index in [0.29, 0.717) is 11.5 Å². The number of halogens is 1. The quantitative estimate of drug-likeness (QED) is 0.744. The lowest BCUT2D eigenvalue weighted by molar-refractivity contribution is -0.141. The number of carbonyl (C=O) groups excluding carboxylic acids is 1. The number of hydrogen-bond donors (Lipinski definition) is 0. The molecule has 0 N–H and O–H groups in total. The summed E-state index contributed by atoms with van der Waals surface area (Å²) in [5.74, 6) is -0.0921. The molecule has 0 aromatic heterocycles. The van der Waals surface area contributed by atoms with E-state index in [1.54, 1.807) is 6.07 Å². The molecule has 0 amide bonds. The molecule has 1 aromatic carbocycles. The van der Waals surface area contributed by atoms with Crippen molar-refractivity contribution in [1.82, 2.24) is 0 Å². The molecule has 0 radical (unpaired) electrons. The minimum absolute atomic E-state index is 0.0869. The van der Waals surface area contributed by atoms with Gasteiger partial charge < -0.3 is 4.74 Å². The third-order valence-electron chi connectivity index (χ3n) is 3.65. The van der Waals surface area contributed by atoms with Crippen molar-refractivity contribution >= 4 is 5.97 Å². The third kappa shape index (κ3) is 2.71. The molecular weight excluding hydrogens is 231 g/mol. The molecule has 1 fully saturated rings. The van der Waals surface area contributed by atoms with Crippen LogP contribution in [0.1, 0.15) is 55.6 Å². The third-order valence-corrected chi connectivity index (χ3v) is 3.65. The Kier molecular flexibility index (Phi) is 4.00. The molecule has 0 aliphatic heterocycles. The van der Waals surface area contributed by atoms with E-state index in [2.05, 4.69) is 4.74 Å². The highest BCUT2D eigenvalue weighted by atomic mass is 19.1. The van der Waals surface area contributed by atoms with Crippen LogP contribution in [0, 0.1) is 5.82 Å². The monoisotopic (exact) mass is 250 g/mol. The molecule has 98 valence electrons. The van der Waals surface area contributed by atoms with Gasteiger partial charge in [-0.15, -0.1) is 0 Å². The molecule has 2 rings (SSSR count). The van der Waals surface area contributed by atoms with Gasteiger partial charge in [-0.25, -0.2) is 4.39 Å². The Hall–Kier alpha value is -1.38. The average molecular weight is 250 g/mol. The van der Waals surface area contributed by atoms with E-state index in [9.17, 15) is 9.18 Å². The molecule has 1 aliphatic rings. The van der Waals surface area contributed by atoms with Crippen LogP contribution in [0.25, 0.3) is 0 Å². The average Bonchev–Trinajstić information content (AvgIpc) is 3.20. The fraction of sp³-hybridized carbons (Fsp3) is 0.533. The minimum Gasteiger partial charge on any atom is -0.469 e. The molecule has 1 saturated carbocycles. The Labute approximate surface area is 107 Å². The lowest BCUT2D eigenvalue weighted by atomic mass is 9.90. The van der Waals surface area contributed by atoms with Gasteiger partial charge in [0.1, 0.15) is 5.82 Å². The molecule has 18 heavy (non-hydrogen) atoms. The molecule has 0 unspecified atom stereocenters. The maximum Gasteiger partial charge on any atom is 0.306 e. The normalized spacial score (nSPS) is 16.4. The molecule has 1 aromatic rings. The topological polar surface area (TPSA) is 26.3 Å². The summed E-state index contributed by atoms with van der Waals surface area (Å²) in [5, 5.41) is 0. The molecular formula is C15H19FO2. The van der Waals surface area contributed by atoms with Gasteiger partial charge in [0.2, 0.25) is 0 Å². The number of methoxy groups -OCH3 is 1. The van der Waals surface area contributed by atoms with Crippen LogP contribution in [0.3, 0.4) is 0 Å². The second kappa shape index (κ2) is 5.51. The van der Waals surface area contributed by atoms with Crippen molar-refractivity contribution in [2.24, 2.45) is 0 Å². The molecule has 0 bridgehead atoms. The van der Waals surface area contributed by atoms with Crippen molar-refractivity contribution in [2.75, 3.05) is 7.11 Å². The van der Waals surface area contributed by atoms with E-state index in [-0.39, 0.29) is 24.1 Å². The predicted octanol–water partition coefficient (Wildman–Crippen LogP) is 3.76. The molecule has 0 spiro atoms. The smallest absolute Gasteiger partial charge is 0.306 e. The van der Waals surface area contributed by atoms with Crippen molar-refractivity contribution < 1.29 is 13.9 Å². The Morgan fingerprint density at radius 1 is 1.50 bits per heavy atom. The maximum atomic E-state index is 14.4. The molecule has 1 atom stereocenters. The van der Waals surface area contributed by atoms with Crippen LogP contribution in [0.4, 0.5) is 4.39 Å². The van der Waals surface area contributed by atoms with E-state index in [1.807, 2.05) is 19.1 Å². The number of benzene rings is 1. The highest BCUT2D eigenvalue weighted by molar-refractivity contribution is 5.70. The summed E-state index contributed by atoms with van der Waals surface area (Å²) in [6.45, 7) is 1.97. The minimum atomic E-state index is -0.280. The Morgan fingerprint density at radius 2 is 2.22 bits per heavy atom. The number of rotatable bonds is 5. The van der Waals surface area contributed by atoms with Gasteiger partial charge in [-0.1, -0.05) is 25.1 Å². The first-order chi connectivity index (χ1) is 8.67. The largest absolute Gasteiger partial charge is 0.469 e. The first kappa shape index (κ1) is 13.1. The van der Waals surface area contributed by atoms with Crippen molar-refractivity contribution in [2.45, 2.75) is 44.4 Å². The highest BCUT2D eigenvalue weighted by Gasteiger charge is 2.29. The molecule has 3 heteroatoms. The molecule has 0 saturated heterocycles. The zero-order valence-corrected chi connectivity index (χ0v) is 10.9. The van der Waals surface area contributed by atoms with E-state index in [4.69, 9.17) is 0 Å². The van der Waals surface area contributed by atoms with Crippen molar-refractivity contribution in [3.05, 3.63) is 35.1 Å². The van der Waals surface area contributed by atoms with Crippen LogP contribution in [0.2, 0.25) is 0 Å². The summed E-state index contributed by atoms with van der Waals surface area (Å²) in [4.78, 5) is 11.4. The number of carbonyl (C=O) groups is 1. The van der Waals surface area contributed by atoms with Crippen LogP contribution in [0.15, 0.2) is 18.2 Å². The van der Waals surface area contributed by atoms with E-state index in [0.717, 1.165) is 24.8 Å². The van der Waals surface area contributed by atoms with Gasteiger partial charge in [0, 0.05) is 0 Å². The Balaban J connectivity index is 2.24. The van der Waals surface area contributed by atoms with Crippen LogP contribution >= 0.6 is 0 Å². The molecule has 0 heterocycles. The summed E-state index contributed by atoms with van der Waals surface area (Å²) >= 11 is 0. The number of ether oxygens (including phenoxy) is 1. The summed E-state index contributed by atoms with van der Waals surface area (Å²) in [5.41, 5.74) is 1.48. The van der Waals surface area contributed by atoms with E-state index >= 15 is 0 Å². The van der Waals surface area contributed by atoms with Gasteiger partial charge in [0.05, 0.1) is 13.5 Å². The molecule has 2 nitrogen and oxygen atoms in total. The van der Waals surface area contributed by atoms with Crippen LogP contribution < -0.4 is 0 Å². The lowest BCUT2D eigenvalue weighted by Crippen LogP contribution is -2.10. The summed E-state index contributed by atoms with van der Waals surface area (Å²) in [6.07, 6.45) is 3.14. The highest BCUT2D eigenvalue weighted by Crippen LogP contribution is 2.42. The second-order valence-corrected chi connectivity index (χ2v) is 4.91. The first-order valence-corrected chi connectivity index (χ1v) is 6.52. The summed E-state index contributed by atoms with van der Waals surface area (Å²) in [7, 11) is 1.37. The fourth-order valence-corrected chi connectivity index (χ4v) is 2.35. The lowest BCUT2D eigenvalue weighted by Gasteiger charge is -2.16. The zero-order chi connectivity index (χ0) is 13.1. The Bertz CT molecular complexity index is 438. The van der Waals surface area contributed by atoms with Gasteiger partial charge in [-0.3, -0.25) is 4.79 Å². The Morgan fingerprint density at radius 3 is 2.78 bits per heavy atom. The van der Waals surface area contributed by atoms with Gasteiger partial charge >= 0.3 is 5.97 Å². The van der Waals surface area contributed by atoms with Crippen LogP contribution in [-0.4, -0.2) is 13.1 Å². The van der Waals surface area contributed by atoms with Gasteiger partial charge in [-0.2, -0.15) is 0 Å². The summed E-state index contributed by atoms with van der Waals surface area (Å²) < 4.78 is 19.1. The van der Waals surface area contributed by atoms with Crippen LogP contribution in [0.5, 0.6) is 0 Å². The van der Waals surface area contributed by atoms with Crippen molar-refractivity contribution in [3.8, 4) is 0 Å². The van der Waals surface area contributed by atoms with Gasteiger partial charge in [0.25, 0.3) is 0 Å². The SMILES string of the molecule is CC[C@H](CC(=O)OC)c1cccc(C2CC2)c1F. The zero-order valence-electron chi connectivity index (χ0n) is 10.9. The van der Waals surface area contributed by atoms with Gasteiger partial charge in [0.15, 0.2) is 0 Å². The maximum absolute atomic E-state index is 14.4. The van der Waals surface area contributed by atoms with Gasteiger partial charge in [-0.05, 0) is 42.2 Å². The van der Waals surface area contributed by atoms with Crippen molar-refractivity contribution in [1.29, 1.82) is 0 Å². The predicted molar refractivity (Wildman–Crippen MR) is 68.0 cm³/mol. The summed E-state index contributed by atoms with van der Waals surface area (Å²) in [6, 6.07) is 5.55.